The van der Waals surface area contributed by atoms with Crippen molar-refractivity contribution in [1.82, 2.24) is 0 Å². The Morgan fingerprint density at radius 1 is 0.914 bits per heavy atom. The summed E-state index contributed by atoms with van der Waals surface area (Å²) in [5.41, 5.74) is 6.95. The Labute approximate surface area is 207 Å². The number of methoxy groups -OCH3 is 1. The summed E-state index contributed by atoms with van der Waals surface area (Å²) >= 11 is 0. The van der Waals surface area contributed by atoms with Gasteiger partial charge < -0.3 is 19.5 Å². The average Bonchev–Trinajstić information content (AvgIpc) is 2.82. The highest BCUT2D eigenvalue weighted by Gasteiger charge is 2.27. The molecule has 184 valence electrons. The lowest BCUT2D eigenvalue weighted by atomic mass is 9.85. The van der Waals surface area contributed by atoms with E-state index in [1.807, 2.05) is 25.1 Å². The minimum atomic E-state index is -0.317. The fourth-order valence-electron chi connectivity index (χ4n) is 4.69. The van der Waals surface area contributed by atoms with Crippen LogP contribution in [0.4, 0.5) is 10.1 Å². The summed E-state index contributed by atoms with van der Waals surface area (Å²) in [4.78, 5) is 0. The number of hydrogen-bond donors (Lipinski definition) is 1. The highest BCUT2D eigenvalue weighted by Crippen LogP contribution is 2.43. The number of aryl methyl sites for hydroxylation is 1. The van der Waals surface area contributed by atoms with Crippen LogP contribution in [0.15, 0.2) is 54.6 Å². The van der Waals surface area contributed by atoms with Crippen LogP contribution in [-0.4, -0.2) is 19.3 Å². The van der Waals surface area contributed by atoms with Gasteiger partial charge in [-0.3, -0.25) is 0 Å². The fourth-order valence-corrected chi connectivity index (χ4v) is 4.69. The Hall–Kier alpha value is -3.47. The predicted octanol–water partition coefficient (Wildman–Crippen LogP) is 7.78. The van der Waals surface area contributed by atoms with Gasteiger partial charge in [-0.15, -0.1) is 0 Å². The first kappa shape index (κ1) is 24.6. The molecule has 0 fully saturated rings. The second-order valence-electron chi connectivity index (χ2n) is 9.60. The SMILES string of the molecule is CCCOc1ccc(OC)c(-c2ccc3c(c2COc2cc(F)ccc2C)C(C)=CC(C)(C)N3)c1. The summed E-state index contributed by atoms with van der Waals surface area (Å²) in [6.07, 6.45) is 3.16. The van der Waals surface area contributed by atoms with E-state index < -0.39 is 0 Å². The van der Waals surface area contributed by atoms with Crippen molar-refractivity contribution in [2.45, 2.75) is 53.2 Å². The molecule has 0 radical (unpaired) electrons. The van der Waals surface area contributed by atoms with Crippen molar-refractivity contribution < 1.29 is 18.6 Å². The number of benzene rings is 3. The maximum absolute atomic E-state index is 14.0. The van der Waals surface area contributed by atoms with Crippen LogP contribution in [0.25, 0.3) is 16.7 Å². The lowest BCUT2D eigenvalue weighted by molar-refractivity contribution is 0.302. The quantitative estimate of drug-likeness (QED) is 0.361. The molecule has 0 saturated heterocycles. The van der Waals surface area contributed by atoms with Gasteiger partial charge in [-0.2, -0.15) is 0 Å². The molecule has 3 aromatic rings. The van der Waals surface area contributed by atoms with Crippen molar-refractivity contribution in [2.24, 2.45) is 0 Å². The van der Waals surface area contributed by atoms with E-state index in [-0.39, 0.29) is 18.0 Å². The molecule has 0 spiro atoms. The average molecular weight is 476 g/mol. The summed E-state index contributed by atoms with van der Waals surface area (Å²) in [7, 11) is 1.67. The number of allylic oxidation sites excluding steroid dienone is 1. The van der Waals surface area contributed by atoms with Crippen LogP contribution < -0.4 is 19.5 Å². The van der Waals surface area contributed by atoms with E-state index in [1.54, 1.807) is 13.2 Å². The van der Waals surface area contributed by atoms with Crippen molar-refractivity contribution in [3.05, 3.63) is 77.1 Å². The smallest absolute Gasteiger partial charge is 0.126 e. The van der Waals surface area contributed by atoms with Gasteiger partial charge in [-0.1, -0.05) is 25.1 Å². The molecule has 0 saturated carbocycles. The Bertz CT molecular complexity index is 1260. The van der Waals surface area contributed by atoms with Gasteiger partial charge in [0.15, 0.2) is 0 Å². The fraction of sp³-hybridized carbons (Fsp3) is 0.333. The third-order valence-electron chi connectivity index (χ3n) is 6.20. The Morgan fingerprint density at radius 2 is 1.71 bits per heavy atom. The van der Waals surface area contributed by atoms with E-state index in [9.17, 15) is 4.39 Å². The maximum Gasteiger partial charge on any atom is 0.126 e. The highest BCUT2D eigenvalue weighted by molar-refractivity contribution is 5.88. The van der Waals surface area contributed by atoms with Gasteiger partial charge in [0.05, 0.1) is 19.3 Å². The monoisotopic (exact) mass is 475 g/mol. The van der Waals surface area contributed by atoms with Crippen LogP contribution in [0.1, 0.15) is 50.8 Å². The van der Waals surface area contributed by atoms with Crippen molar-refractivity contribution in [2.75, 3.05) is 19.0 Å². The van der Waals surface area contributed by atoms with Gasteiger partial charge in [0.1, 0.15) is 29.7 Å². The molecular formula is C30H34FNO3. The van der Waals surface area contributed by atoms with Crippen LogP contribution in [0.2, 0.25) is 0 Å². The van der Waals surface area contributed by atoms with E-state index in [0.717, 1.165) is 57.0 Å². The minimum Gasteiger partial charge on any atom is -0.496 e. The molecule has 0 aliphatic carbocycles. The zero-order valence-corrected chi connectivity index (χ0v) is 21.4. The molecule has 3 aromatic carbocycles. The topological polar surface area (TPSA) is 39.7 Å². The van der Waals surface area contributed by atoms with Gasteiger partial charge in [0.25, 0.3) is 0 Å². The Kier molecular flexibility index (Phi) is 7.06. The van der Waals surface area contributed by atoms with E-state index in [4.69, 9.17) is 14.2 Å². The molecular weight excluding hydrogens is 441 g/mol. The standard InChI is InChI=1S/C30H34FNO3/c1-7-14-34-22-10-13-27(33-6)24(16-22)23-11-12-26-29(20(3)17-30(4,5)32-26)25(23)18-35-28-15-21(31)9-8-19(28)2/h8-13,15-17,32H,7,14,18H2,1-6H3. The summed E-state index contributed by atoms with van der Waals surface area (Å²) in [5.74, 6) is 1.76. The Balaban J connectivity index is 1.87. The second kappa shape index (κ2) is 10.0. The number of fused-ring (bicyclic) bond motifs is 1. The zero-order chi connectivity index (χ0) is 25.2. The number of ether oxygens (including phenoxy) is 3. The van der Waals surface area contributed by atoms with Crippen LogP contribution in [0, 0.1) is 12.7 Å². The zero-order valence-electron chi connectivity index (χ0n) is 21.4. The van der Waals surface area contributed by atoms with Gasteiger partial charge in [-0.05, 0) is 81.1 Å². The molecule has 0 atom stereocenters. The van der Waals surface area contributed by atoms with Crippen LogP contribution in [0.3, 0.4) is 0 Å². The molecule has 4 rings (SSSR count). The molecule has 0 amide bonds. The largest absolute Gasteiger partial charge is 0.496 e. The highest BCUT2D eigenvalue weighted by atomic mass is 19.1. The first-order valence-corrected chi connectivity index (χ1v) is 12.1. The molecule has 1 N–H and O–H groups in total. The molecule has 1 aliphatic heterocycles. The molecule has 35 heavy (non-hydrogen) atoms. The third kappa shape index (κ3) is 5.29. The van der Waals surface area contributed by atoms with Crippen LogP contribution in [-0.2, 0) is 6.61 Å². The maximum atomic E-state index is 14.0. The summed E-state index contributed by atoms with van der Waals surface area (Å²) < 4.78 is 31.9. The predicted molar refractivity (Wildman–Crippen MR) is 141 cm³/mol. The van der Waals surface area contributed by atoms with E-state index in [2.05, 4.69) is 51.2 Å². The van der Waals surface area contributed by atoms with E-state index >= 15 is 0 Å². The summed E-state index contributed by atoms with van der Waals surface area (Å²) in [5, 5.41) is 3.62. The normalized spacial score (nSPS) is 14.0. The summed E-state index contributed by atoms with van der Waals surface area (Å²) in [6.45, 7) is 11.4. The molecule has 5 heteroatoms. The van der Waals surface area contributed by atoms with Crippen molar-refractivity contribution in [1.29, 1.82) is 0 Å². The van der Waals surface area contributed by atoms with Crippen LogP contribution in [0.5, 0.6) is 17.2 Å². The Morgan fingerprint density at radius 3 is 2.46 bits per heavy atom. The molecule has 0 aromatic heterocycles. The number of anilines is 1. The van der Waals surface area contributed by atoms with Crippen LogP contribution >= 0.6 is 0 Å². The lowest BCUT2D eigenvalue weighted by Gasteiger charge is -2.33. The van der Waals surface area contributed by atoms with Crippen molar-refractivity contribution in [3.63, 3.8) is 0 Å². The first-order valence-electron chi connectivity index (χ1n) is 12.1. The minimum absolute atomic E-state index is 0.165. The molecule has 0 bridgehead atoms. The summed E-state index contributed by atoms with van der Waals surface area (Å²) in [6, 6.07) is 14.7. The number of halogens is 1. The number of nitrogens with one attached hydrogen (secondary N) is 1. The van der Waals surface area contributed by atoms with Crippen molar-refractivity contribution >= 4 is 11.3 Å². The molecule has 1 aliphatic rings. The third-order valence-corrected chi connectivity index (χ3v) is 6.20. The number of rotatable bonds is 8. The van der Waals surface area contributed by atoms with Gasteiger partial charge in [-0.25, -0.2) is 4.39 Å². The van der Waals surface area contributed by atoms with E-state index in [0.29, 0.717) is 12.4 Å². The van der Waals surface area contributed by atoms with Gasteiger partial charge in [0.2, 0.25) is 0 Å². The van der Waals surface area contributed by atoms with Gasteiger partial charge in [0, 0.05) is 28.4 Å². The van der Waals surface area contributed by atoms with E-state index in [1.165, 1.54) is 12.1 Å². The lowest BCUT2D eigenvalue weighted by Crippen LogP contribution is -2.32. The first-order chi connectivity index (χ1) is 16.7. The van der Waals surface area contributed by atoms with Gasteiger partial charge >= 0.3 is 0 Å². The number of hydrogen-bond acceptors (Lipinski definition) is 4. The molecule has 0 unspecified atom stereocenters. The molecule has 4 nitrogen and oxygen atoms in total. The van der Waals surface area contributed by atoms with Crippen molar-refractivity contribution in [3.8, 4) is 28.4 Å². The molecule has 1 heterocycles. The second-order valence-corrected chi connectivity index (χ2v) is 9.60.